The summed E-state index contributed by atoms with van der Waals surface area (Å²) < 4.78 is 11.7. The fourth-order valence-corrected chi connectivity index (χ4v) is 7.88. The van der Waals surface area contributed by atoms with Gasteiger partial charge in [0.25, 0.3) is 0 Å². The quantitative estimate of drug-likeness (QED) is 0.424. The van der Waals surface area contributed by atoms with Crippen LogP contribution in [0.1, 0.15) is 82.5 Å². The van der Waals surface area contributed by atoms with E-state index >= 15 is 0 Å². The van der Waals surface area contributed by atoms with Crippen molar-refractivity contribution < 1.29 is 19.1 Å². The van der Waals surface area contributed by atoms with Gasteiger partial charge in [-0.25, -0.2) is 4.79 Å². The normalized spacial score (nSPS) is 40.3. The van der Waals surface area contributed by atoms with Gasteiger partial charge in [-0.1, -0.05) is 43.7 Å². The van der Waals surface area contributed by atoms with Gasteiger partial charge in [0.1, 0.15) is 12.2 Å². The van der Waals surface area contributed by atoms with Crippen molar-refractivity contribution in [2.75, 3.05) is 0 Å². The van der Waals surface area contributed by atoms with Gasteiger partial charge in [0.2, 0.25) is 0 Å². The van der Waals surface area contributed by atoms with Gasteiger partial charge in [0, 0.05) is 18.8 Å². The summed E-state index contributed by atoms with van der Waals surface area (Å²) in [6.45, 7) is 6.36. The van der Waals surface area contributed by atoms with Crippen LogP contribution >= 0.6 is 0 Å². The molecular formula is C28H36O4. The first kappa shape index (κ1) is 21.7. The number of benzene rings is 1. The maximum Gasteiger partial charge on any atom is 0.338 e. The molecule has 3 saturated carbocycles. The zero-order valence-corrected chi connectivity index (χ0v) is 19.6. The molecule has 0 heterocycles. The third-order valence-electron chi connectivity index (χ3n) is 9.56. The molecule has 0 radical (unpaired) electrons. The molecule has 3 fully saturated rings. The van der Waals surface area contributed by atoms with Crippen LogP contribution in [0.2, 0.25) is 0 Å². The summed E-state index contributed by atoms with van der Waals surface area (Å²) in [4.78, 5) is 24.2. The molecule has 0 bridgehead atoms. The van der Waals surface area contributed by atoms with Crippen molar-refractivity contribution in [3.05, 3.63) is 47.5 Å². The number of esters is 2. The molecule has 32 heavy (non-hydrogen) atoms. The second kappa shape index (κ2) is 8.04. The van der Waals surface area contributed by atoms with Crippen molar-refractivity contribution >= 4 is 11.9 Å². The molecule has 0 saturated heterocycles. The summed E-state index contributed by atoms with van der Waals surface area (Å²) in [6, 6.07) is 9.40. The summed E-state index contributed by atoms with van der Waals surface area (Å²) in [5, 5.41) is 0. The number of carbonyl (C=O) groups is 2. The zero-order valence-electron chi connectivity index (χ0n) is 19.6. The van der Waals surface area contributed by atoms with E-state index in [2.05, 4.69) is 19.9 Å². The molecule has 0 aliphatic heterocycles. The molecule has 1 aromatic rings. The summed E-state index contributed by atoms with van der Waals surface area (Å²) in [6.07, 6.45) is 11.1. The minimum atomic E-state index is -0.179. The van der Waals surface area contributed by atoms with Crippen molar-refractivity contribution in [2.45, 2.75) is 84.3 Å². The number of rotatable bonds is 3. The van der Waals surface area contributed by atoms with Crippen LogP contribution in [0, 0.1) is 28.6 Å². The van der Waals surface area contributed by atoms with Gasteiger partial charge < -0.3 is 9.47 Å². The molecule has 0 N–H and O–H groups in total. The lowest BCUT2D eigenvalue weighted by Crippen LogP contribution is -2.51. The van der Waals surface area contributed by atoms with Crippen molar-refractivity contribution in [3.63, 3.8) is 0 Å². The lowest BCUT2D eigenvalue weighted by molar-refractivity contribution is -0.148. The van der Waals surface area contributed by atoms with Crippen LogP contribution in [-0.4, -0.2) is 24.1 Å². The highest BCUT2D eigenvalue weighted by atomic mass is 16.5. The number of hydrogen-bond donors (Lipinski definition) is 0. The van der Waals surface area contributed by atoms with Crippen LogP contribution in [0.4, 0.5) is 0 Å². The van der Waals surface area contributed by atoms with Crippen LogP contribution in [-0.2, 0) is 14.3 Å². The number of carbonyl (C=O) groups excluding carboxylic acids is 2. The van der Waals surface area contributed by atoms with E-state index in [1.54, 1.807) is 0 Å². The van der Waals surface area contributed by atoms with Gasteiger partial charge in [0.05, 0.1) is 5.56 Å². The van der Waals surface area contributed by atoms with Gasteiger partial charge in [-0.05, 0) is 80.2 Å². The largest absolute Gasteiger partial charge is 0.462 e. The van der Waals surface area contributed by atoms with E-state index < -0.39 is 0 Å². The second-order valence-corrected chi connectivity index (χ2v) is 11.1. The van der Waals surface area contributed by atoms with E-state index in [9.17, 15) is 9.59 Å². The Hall–Kier alpha value is -2.10. The van der Waals surface area contributed by atoms with Gasteiger partial charge in [-0.3, -0.25) is 4.79 Å². The molecule has 4 aliphatic rings. The van der Waals surface area contributed by atoms with Gasteiger partial charge in [-0.15, -0.1) is 0 Å². The van der Waals surface area contributed by atoms with Crippen LogP contribution in [0.15, 0.2) is 42.0 Å². The third-order valence-corrected chi connectivity index (χ3v) is 9.56. The predicted octanol–water partition coefficient (Wildman–Crippen LogP) is 6.11. The Morgan fingerprint density at radius 2 is 1.72 bits per heavy atom. The second-order valence-electron chi connectivity index (χ2n) is 11.1. The molecule has 0 aromatic heterocycles. The summed E-state index contributed by atoms with van der Waals surface area (Å²) in [5.74, 6) is 1.61. The molecule has 0 amide bonds. The van der Waals surface area contributed by atoms with Gasteiger partial charge in [0.15, 0.2) is 0 Å². The van der Waals surface area contributed by atoms with Gasteiger partial charge >= 0.3 is 11.9 Å². The summed E-state index contributed by atoms with van der Waals surface area (Å²) >= 11 is 0. The Morgan fingerprint density at radius 1 is 0.938 bits per heavy atom. The summed E-state index contributed by atoms with van der Waals surface area (Å²) in [7, 11) is 0. The Labute approximate surface area is 191 Å². The van der Waals surface area contributed by atoms with E-state index in [0.29, 0.717) is 23.3 Å². The average Bonchev–Trinajstić information content (AvgIpc) is 3.10. The Morgan fingerprint density at radius 3 is 2.47 bits per heavy atom. The van der Waals surface area contributed by atoms with E-state index in [4.69, 9.17) is 9.47 Å². The first-order chi connectivity index (χ1) is 15.3. The maximum atomic E-state index is 12.8. The highest BCUT2D eigenvalue weighted by Gasteiger charge is 2.59. The number of ether oxygens (including phenoxy) is 2. The van der Waals surface area contributed by atoms with Crippen molar-refractivity contribution in [3.8, 4) is 0 Å². The first-order valence-corrected chi connectivity index (χ1v) is 12.4. The topological polar surface area (TPSA) is 52.6 Å². The Bertz CT molecular complexity index is 921. The lowest BCUT2D eigenvalue weighted by Gasteiger charge is -2.57. The molecule has 5 rings (SSSR count). The highest BCUT2D eigenvalue weighted by Crippen LogP contribution is 2.65. The van der Waals surface area contributed by atoms with E-state index in [1.165, 1.54) is 18.9 Å². The van der Waals surface area contributed by atoms with E-state index in [-0.39, 0.29) is 35.0 Å². The van der Waals surface area contributed by atoms with Crippen LogP contribution < -0.4 is 0 Å². The molecule has 0 unspecified atom stereocenters. The average molecular weight is 437 g/mol. The minimum absolute atomic E-state index is 0.0130. The first-order valence-electron chi connectivity index (χ1n) is 12.4. The fourth-order valence-electron chi connectivity index (χ4n) is 7.88. The SMILES string of the molecule is CC(=O)O[C@@H]1CC[C@]2(C)C(=CC[C@@H]3[C@H]2CC[C@@]2(C)[C@@H](OC(=O)c4ccccc4)CC[C@@H]32)C1. The van der Waals surface area contributed by atoms with Crippen LogP contribution in [0.25, 0.3) is 0 Å². The van der Waals surface area contributed by atoms with Crippen molar-refractivity contribution in [2.24, 2.45) is 28.6 Å². The molecule has 4 aliphatic carbocycles. The van der Waals surface area contributed by atoms with Gasteiger partial charge in [-0.2, -0.15) is 0 Å². The highest BCUT2D eigenvalue weighted by molar-refractivity contribution is 5.89. The molecule has 4 heteroatoms. The molecule has 4 nitrogen and oxygen atoms in total. The standard InChI is InChI=1S/C28H36O4/c1-18(29)31-21-13-15-27(2)20(17-21)9-10-22-23-11-12-25(28(23,3)16-14-24(22)27)32-26(30)19-7-5-4-6-8-19/h4-9,21-25H,10-17H2,1-3H3/t21-,22+,23+,24-,25+,27-,28-/m1/s1. The minimum Gasteiger partial charge on any atom is -0.462 e. The summed E-state index contributed by atoms with van der Waals surface area (Å²) in [5.41, 5.74) is 2.46. The molecule has 172 valence electrons. The van der Waals surface area contributed by atoms with E-state index in [0.717, 1.165) is 44.9 Å². The monoisotopic (exact) mass is 436 g/mol. The maximum absolute atomic E-state index is 12.8. The van der Waals surface area contributed by atoms with Crippen LogP contribution in [0.5, 0.6) is 0 Å². The van der Waals surface area contributed by atoms with Crippen molar-refractivity contribution in [1.82, 2.24) is 0 Å². The Kier molecular flexibility index (Phi) is 5.46. The predicted molar refractivity (Wildman–Crippen MR) is 123 cm³/mol. The van der Waals surface area contributed by atoms with Crippen LogP contribution in [0.3, 0.4) is 0 Å². The number of fused-ring (bicyclic) bond motifs is 5. The smallest absolute Gasteiger partial charge is 0.338 e. The van der Waals surface area contributed by atoms with E-state index in [1.807, 2.05) is 30.3 Å². The Balaban J connectivity index is 1.33. The fraction of sp³-hybridized carbons (Fsp3) is 0.643. The molecule has 0 spiro atoms. The number of allylic oxidation sites excluding steroid dienone is 1. The third kappa shape index (κ3) is 3.50. The molecule has 7 atom stereocenters. The molecular weight excluding hydrogens is 400 g/mol. The molecule has 1 aromatic carbocycles. The lowest BCUT2D eigenvalue weighted by atomic mass is 9.48. The zero-order chi connectivity index (χ0) is 22.5. The number of hydrogen-bond acceptors (Lipinski definition) is 4. The van der Waals surface area contributed by atoms with Crippen molar-refractivity contribution in [1.29, 1.82) is 0 Å².